The van der Waals surface area contributed by atoms with Gasteiger partial charge in [-0.25, -0.2) is 9.97 Å². The van der Waals surface area contributed by atoms with Crippen LogP contribution in [0.5, 0.6) is 0 Å². The van der Waals surface area contributed by atoms with Gasteiger partial charge in [-0.2, -0.15) is 0 Å². The second-order valence-electron chi connectivity index (χ2n) is 5.72. The standard InChI is InChI=1S/C15H26N4OS/c1-4-8-16-13-10-14(17-9-7-11(2)21(3)20)19-15(18-13)12-5-6-12/h10-12H,4-9H2,1-3H3,(H2,16,17,18,19). The second-order valence-corrected chi connectivity index (χ2v) is 7.52. The third kappa shape index (κ3) is 5.26. The maximum absolute atomic E-state index is 11.4. The molecule has 2 unspecified atom stereocenters. The van der Waals surface area contributed by atoms with Crippen LogP contribution < -0.4 is 10.6 Å². The fourth-order valence-corrected chi connectivity index (χ4v) is 2.44. The number of hydrogen-bond acceptors (Lipinski definition) is 5. The van der Waals surface area contributed by atoms with Crippen LogP contribution in [0.15, 0.2) is 6.07 Å². The maximum Gasteiger partial charge on any atom is 0.136 e. The lowest BCUT2D eigenvalue weighted by Crippen LogP contribution is -2.16. The topological polar surface area (TPSA) is 66.9 Å². The average Bonchev–Trinajstić information content (AvgIpc) is 3.29. The van der Waals surface area contributed by atoms with E-state index < -0.39 is 10.8 Å². The van der Waals surface area contributed by atoms with E-state index in [0.29, 0.717) is 5.92 Å². The van der Waals surface area contributed by atoms with Gasteiger partial charge in [-0.3, -0.25) is 4.21 Å². The molecule has 0 spiro atoms. The van der Waals surface area contributed by atoms with Gasteiger partial charge in [0.25, 0.3) is 0 Å². The van der Waals surface area contributed by atoms with Crippen molar-refractivity contribution in [3.8, 4) is 0 Å². The quantitative estimate of drug-likeness (QED) is 0.734. The zero-order valence-electron chi connectivity index (χ0n) is 13.2. The van der Waals surface area contributed by atoms with E-state index in [1.54, 1.807) is 6.26 Å². The molecular weight excluding hydrogens is 284 g/mol. The van der Waals surface area contributed by atoms with E-state index in [2.05, 4.69) is 27.5 Å². The SMILES string of the molecule is CCCNc1cc(NCCC(C)S(C)=O)nc(C2CC2)n1. The van der Waals surface area contributed by atoms with E-state index in [1.807, 2.05) is 13.0 Å². The van der Waals surface area contributed by atoms with Crippen LogP contribution in [0.2, 0.25) is 0 Å². The van der Waals surface area contributed by atoms with Crippen LogP contribution in [0, 0.1) is 0 Å². The smallest absolute Gasteiger partial charge is 0.136 e. The largest absolute Gasteiger partial charge is 0.370 e. The molecule has 2 N–H and O–H groups in total. The Hall–Kier alpha value is -1.17. The summed E-state index contributed by atoms with van der Waals surface area (Å²) in [7, 11) is -0.764. The molecule has 118 valence electrons. The van der Waals surface area contributed by atoms with E-state index in [-0.39, 0.29) is 5.25 Å². The zero-order chi connectivity index (χ0) is 15.2. The van der Waals surface area contributed by atoms with Crippen molar-refractivity contribution in [3.05, 3.63) is 11.9 Å². The average molecular weight is 310 g/mol. The summed E-state index contributed by atoms with van der Waals surface area (Å²) in [6.45, 7) is 5.87. The van der Waals surface area contributed by atoms with Gasteiger partial charge in [-0.1, -0.05) is 13.8 Å². The first-order valence-corrected chi connectivity index (χ1v) is 9.41. The molecule has 1 aliphatic rings. The highest BCUT2D eigenvalue weighted by molar-refractivity contribution is 7.84. The van der Waals surface area contributed by atoms with Crippen molar-refractivity contribution >= 4 is 22.4 Å². The monoisotopic (exact) mass is 310 g/mol. The molecule has 1 aromatic rings. The normalized spacial score (nSPS) is 17.3. The summed E-state index contributed by atoms with van der Waals surface area (Å²) in [6, 6.07) is 1.97. The Balaban J connectivity index is 1.96. The van der Waals surface area contributed by atoms with Crippen LogP contribution in [0.3, 0.4) is 0 Å². The number of hydrogen-bond donors (Lipinski definition) is 2. The fraction of sp³-hybridized carbons (Fsp3) is 0.733. The second kappa shape index (κ2) is 7.73. The molecule has 0 aromatic carbocycles. The minimum Gasteiger partial charge on any atom is -0.370 e. The molecule has 1 heterocycles. The molecule has 1 aliphatic carbocycles. The van der Waals surface area contributed by atoms with Crippen LogP contribution in [-0.4, -0.2) is 38.8 Å². The molecule has 2 atom stereocenters. The van der Waals surface area contributed by atoms with Gasteiger partial charge in [0.05, 0.1) is 0 Å². The Bertz CT molecular complexity index is 491. The minimum absolute atomic E-state index is 0.208. The summed E-state index contributed by atoms with van der Waals surface area (Å²) in [5.41, 5.74) is 0. The van der Waals surface area contributed by atoms with E-state index in [1.165, 1.54) is 12.8 Å². The Labute approximate surface area is 129 Å². The number of nitrogens with zero attached hydrogens (tertiary/aromatic N) is 2. The molecule has 0 amide bonds. The van der Waals surface area contributed by atoms with Crippen molar-refractivity contribution in [3.63, 3.8) is 0 Å². The highest BCUT2D eigenvalue weighted by Crippen LogP contribution is 2.38. The van der Waals surface area contributed by atoms with Crippen molar-refractivity contribution in [2.75, 3.05) is 30.0 Å². The summed E-state index contributed by atoms with van der Waals surface area (Å²) in [5.74, 6) is 3.27. The predicted octanol–water partition coefficient (Wildman–Crippen LogP) is 2.74. The molecule has 1 aromatic heterocycles. The molecule has 0 radical (unpaired) electrons. The Kier molecular flexibility index (Phi) is 5.96. The molecule has 0 aliphatic heterocycles. The van der Waals surface area contributed by atoms with E-state index in [0.717, 1.165) is 43.4 Å². The van der Waals surface area contributed by atoms with Crippen LogP contribution in [0.25, 0.3) is 0 Å². The molecule has 21 heavy (non-hydrogen) atoms. The summed E-state index contributed by atoms with van der Waals surface area (Å²) in [6.07, 6.45) is 6.10. The van der Waals surface area contributed by atoms with Gasteiger partial charge in [0.2, 0.25) is 0 Å². The highest BCUT2D eigenvalue weighted by Gasteiger charge is 2.27. The van der Waals surface area contributed by atoms with Crippen LogP contribution in [-0.2, 0) is 10.8 Å². The molecule has 1 fully saturated rings. The zero-order valence-corrected chi connectivity index (χ0v) is 14.0. The number of nitrogens with one attached hydrogen (secondary N) is 2. The number of anilines is 2. The lowest BCUT2D eigenvalue weighted by atomic mass is 10.3. The molecule has 6 heteroatoms. The van der Waals surface area contributed by atoms with E-state index >= 15 is 0 Å². The summed E-state index contributed by atoms with van der Waals surface area (Å²) in [5, 5.41) is 6.89. The number of aromatic nitrogens is 2. The molecule has 0 bridgehead atoms. The van der Waals surface area contributed by atoms with Gasteiger partial charge in [0.1, 0.15) is 17.5 Å². The molecular formula is C15H26N4OS. The van der Waals surface area contributed by atoms with Gasteiger partial charge in [0.15, 0.2) is 0 Å². The van der Waals surface area contributed by atoms with Gasteiger partial charge in [0, 0.05) is 47.4 Å². The van der Waals surface area contributed by atoms with Crippen LogP contribution in [0.4, 0.5) is 11.6 Å². The lowest BCUT2D eigenvalue weighted by molar-refractivity contribution is 0.672. The van der Waals surface area contributed by atoms with Gasteiger partial charge >= 0.3 is 0 Å². The summed E-state index contributed by atoms with van der Waals surface area (Å²) < 4.78 is 11.4. The van der Waals surface area contributed by atoms with Gasteiger partial charge < -0.3 is 10.6 Å². The van der Waals surface area contributed by atoms with Crippen molar-refractivity contribution < 1.29 is 4.21 Å². The maximum atomic E-state index is 11.4. The molecule has 5 nitrogen and oxygen atoms in total. The van der Waals surface area contributed by atoms with E-state index in [9.17, 15) is 4.21 Å². The van der Waals surface area contributed by atoms with Crippen LogP contribution in [0.1, 0.15) is 51.3 Å². The third-order valence-electron chi connectivity index (χ3n) is 3.67. The summed E-state index contributed by atoms with van der Waals surface area (Å²) in [4.78, 5) is 9.20. The first-order valence-electron chi connectivity index (χ1n) is 7.79. The van der Waals surface area contributed by atoms with Crippen molar-refractivity contribution in [2.45, 2.75) is 50.7 Å². The fourth-order valence-electron chi connectivity index (χ4n) is 1.99. The van der Waals surface area contributed by atoms with Gasteiger partial charge in [-0.15, -0.1) is 0 Å². The van der Waals surface area contributed by atoms with Crippen molar-refractivity contribution in [1.82, 2.24) is 9.97 Å². The predicted molar refractivity (Wildman–Crippen MR) is 89.4 cm³/mol. The summed E-state index contributed by atoms with van der Waals surface area (Å²) >= 11 is 0. The first kappa shape index (κ1) is 16.2. The third-order valence-corrected chi connectivity index (χ3v) is 5.03. The minimum atomic E-state index is -0.764. The van der Waals surface area contributed by atoms with Gasteiger partial charge in [-0.05, 0) is 25.7 Å². The lowest BCUT2D eigenvalue weighted by Gasteiger charge is -2.12. The highest BCUT2D eigenvalue weighted by atomic mass is 32.2. The Morgan fingerprint density at radius 1 is 1.29 bits per heavy atom. The first-order chi connectivity index (χ1) is 10.1. The van der Waals surface area contributed by atoms with Crippen molar-refractivity contribution in [2.24, 2.45) is 0 Å². The molecule has 0 saturated heterocycles. The van der Waals surface area contributed by atoms with Crippen LogP contribution >= 0.6 is 0 Å². The molecule has 2 rings (SSSR count). The number of rotatable bonds is 9. The Morgan fingerprint density at radius 3 is 2.43 bits per heavy atom. The van der Waals surface area contributed by atoms with E-state index in [4.69, 9.17) is 0 Å². The van der Waals surface area contributed by atoms with Crippen molar-refractivity contribution in [1.29, 1.82) is 0 Å². The Morgan fingerprint density at radius 2 is 1.90 bits per heavy atom. The molecule has 1 saturated carbocycles.